The van der Waals surface area contributed by atoms with Crippen molar-refractivity contribution in [3.8, 4) is 0 Å². The molecule has 0 heterocycles. The standard InChI is InChI=1S/C19H36O4/c1-10-13(2)19(11-17(4,5)6,14(3)15(20)21)16(22)23-12-18(7,8)9/h13-14H,10-12H2,1-9H3,(H,20,21). The Morgan fingerprint density at radius 3 is 1.78 bits per heavy atom. The molecule has 0 aliphatic carbocycles. The number of hydrogen-bond donors (Lipinski definition) is 1. The molecule has 23 heavy (non-hydrogen) atoms. The van der Waals surface area contributed by atoms with Crippen LogP contribution in [0.5, 0.6) is 0 Å². The van der Waals surface area contributed by atoms with E-state index >= 15 is 0 Å². The highest BCUT2D eigenvalue weighted by atomic mass is 16.5. The summed E-state index contributed by atoms with van der Waals surface area (Å²) in [5, 5.41) is 9.63. The molecule has 0 fully saturated rings. The van der Waals surface area contributed by atoms with E-state index in [1.54, 1.807) is 6.92 Å². The van der Waals surface area contributed by atoms with E-state index in [0.29, 0.717) is 13.0 Å². The molecular formula is C19H36O4. The molecule has 0 aliphatic heterocycles. The van der Waals surface area contributed by atoms with Crippen molar-refractivity contribution in [1.82, 2.24) is 0 Å². The Morgan fingerprint density at radius 1 is 1.00 bits per heavy atom. The van der Waals surface area contributed by atoms with Gasteiger partial charge in [0.2, 0.25) is 0 Å². The highest BCUT2D eigenvalue weighted by Crippen LogP contribution is 2.48. The second-order valence-corrected chi connectivity index (χ2v) is 9.28. The minimum Gasteiger partial charge on any atom is -0.481 e. The predicted molar refractivity (Wildman–Crippen MR) is 93.2 cm³/mol. The van der Waals surface area contributed by atoms with Crippen LogP contribution in [0.4, 0.5) is 0 Å². The van der Waals surface area contributed by atoms with Gasteiger partial charge in [0.05, 0.1) is 17.9 Å². The Labute approximate surface area is 142 Å². The zero-order valence-corrected chi connectivity index (χ0v) is 16.4. The van der Waals surface area contributed by atoms with Crippen LogP contribution in [-0.4, -0.2) is 23.7 Å². The Hall–Kier alpha value is -1.06. The average Bonchev–Trinajstić information content (AvgIpc) is 2.38. The summed E-state index contributed by atoms with van der Waals surface area (Å²) in [5.41, 5.74) is -1.33. The fourth-order valence-corrected chi connectivity index (χ4v) is 3.08. The van der Waals surface area contributed by atoms with Crippen molar-refractivity contribution < 1.29 is 19.4 Å². The van der Waals surface area contributed by atoms with Gasteiger partial charge in [0, 0.05) is 0 Å². The van der Waals surface area contributed by atoms with Crippen LogP contribution in [0.2, 0.25) is 0 Å². The van der Waals surface area contributed by atoms with Crippen LogP contribution in [0.3, 0.4) is 0 Å². The van der Waals surface area contributed by atoms with Gasteiger partial charge in [-0.05, 0) is 23.2 Å². The van der Waals surface area contributed by atoms with E-state index in [1.807, 2.05) is 55.4 Å². The molecule has 136 valence electrons. The van der Waals surface area contributed by atoms with Gasteiger partial charge in [0.25, 0.3) is 0 Å². The summed E-state index contributed by atoms with van der Waals surface area (Å²) in [6, 6.07) is 0. The minimum atomic E-state index is -1.01. The van der Waals surface area contributed by atoms with Crippen molar-refractivity contribution in [3.05, 3.63) is 0 Å². The van der Waals surface area contributed by atoms with E-state index in [9.17, 15) is 14.7 Å². The van der Waals surface area contributed by atoms with E-state index in [2.05, 4.69) is 0 Å². The number of carbonyl (C=O) groups excluding carboxylic acids is 1. The highest BCUT2D eigenvalue weighted by Gasteiger charge is 2.53. The highest BCUT2D eigenvalue weighted by molar-refractivity contribution is 5.85. The molecule has 0 rings (SSSR count). The predicted octanol–water partition coefficient (Wildman–Crippen LogP) is 4.77. The summed E-state index contributed by atoms with van der Waals surface area (Å²) in [7, 11) is 0. The van der Waals surface area contributed by atoms with Gasteiger partial charge >= 0.3 is 11.9 Å². The SMILES string of the molecule is CCC(C)C(CC(C)(C)C)(C(=O)OCC(C)(C)C)C(C)C(=O)O. The second-order valence-electron chi connectivity index (χ2n) is 9.28. The summed E-state index contributed by atoms with van der Waals surface area (Å²) in [4.78, 5) is 24.8. The number of carbonyl (C=O) groups is 2. The van der Waals surface area contributed by atoms with Crippen molar-refractivity contribution in [2.45, 2.75) is 75.2 Å². The van der Waals surface area contributed by atoms with Gasteiger partial charge < -0.3 is 9.84 Å². The van der Waals surface area contributed by atoms with E-state index in [1.165, 1.54) is 0 Å². The monoisotopic (exact) mass is 328 g/mol. The maximum absolute atomic E-state index is 13.1. The Balaban J connectivity index is 5.89. The van der Waals surface area contributed by atoms with Gasteiger partial charge in [0.15, 0.2) is 0 Å². The zero-order chi connectivity index (χ0) is 18.6. The second kappa shape index (κ2) is 7.67. The number of hydrogen-bond acceptors (Lipinski definition) is 3. The first-order valence-corrected chi connectivity index (χ1v) is 8.57. The Bertz CT molecular complexity index is 414. The molecule has 0 aromatic rings. The first-order chi connectivity index (χ1) is 10.2. The van der Waals surface area contributed by atoms with E-state index in [0.717, 1.165) is 6.42 Å². The summed E-state index contributed by atoms with van der Waals surface area (Å²) in [5.74, 6) is -2.17. The van der Waals surface area contributed by atoms with Gasteiger partial charge in [-0.1, -0.05) is 68.7 Å². The molecule has 0 saturated carbocycles. The Morgan fingerprint density at radius 2 is 1.48 bits per heavy atom. The Kier molecular flexibility index (Phi) is 7.32. The lowest BCUT2D eigenvalue weighted by atomic mass is 9.60. The van der Waals surface area contributed by atoms with Gasteiger partial charge in [-0.15, -0.1) is 0 Å². The quantitative estimate of drug-likeness (QED) is 0.684. The molecule has 0 amide bonds. The normalized spacial score (nSPS) is 18.0. The number of ether oxygens (including phenoxy) is 1. The summed E-state index contributed by atoms with van der Waals surface area (Å²) in [6.07, 6.45) is 1.23. The van der Waals surface area contributed by atoms with Crippen molar-refractivity contribution in [3.63, 3.8) is 0 Å². The number of aliphatic carboxylic acids is 1. The van der Waals surface area contributed by atoms with Crippen LogP contribution >= 0.6 is 0 Å². The average molecular weight is 328 g/mol. The van der Waals surface area contributed by atoms with Gasteiger partial charge in [-0.3, -0.25) is 9.59 Å². The zero-order valence-electron chi connectivity index (χ0n) is 16.4. The van der Waals surface area contributed by atoms with Crippen LogP contribution in [0.1, 0.15) is 75.2 Å². The third-order valence-electron chi connectivity index (χ3n) is 4.47. The summed E-state index contributed by atoms with van der Waals surface area (Å²) >= 11 is 0. The molecule has 0 bridgehead atoms. The maximum atomic E-state index is 13.1. The summed E-state index contributed by atoms with van der Waals surface area (Å²) in [6.45, 7) is 18.0. The molecule has 0 saturated heterocycles. The molecule has 0 aliphatic rings. The van der Waals surface area contributed by atoms with Crippen LogP contribution in [0, 0.1) is 28.1 Å². The first-order valence-electron chi connectivity index (χ1n) is 8.57. The molecule has 0 aromatic carbocycles. The van der Waals surface area contributed by atoms with Crippen LogP contribution in [0.25, 0.3) is 0 Å². The molecule has 0 radical (unpaired) electrons. The van der Waals surface area contributed by atoms with Crippen LogP contribution in [0.15, 0.2) is 0 Å². The topological polar surface area (TPSA) is 63.6 Å². The maximum Gasteiger partial charge on any atom is 0.313 e. The largest absolute Gasteiger partial charge is 0.481 e. The molecular weight excluding hydrogens is 292 g/mol. The third kappa shape index (κ3) is 6.15. The smallest absolute Gasteiger partial charge is 0.313 e. The lowest BCUT2D eigenvalue weighted by Crippen LogP contribution is -2.49. The fraction of sp³-hybridized carbons (Fsp3) is 0.895. The molecule has 0 spiro atoms. The molecule has 3 atom stereocenters. The van der Waals surface area contributed by atoms with Gasteiger partial charge in [-0.25, -0.2) is 0 Å². The molecule has 4 heteroatoms. The summed E-state index contributed by atoms with van der Waals surface area (Å²) < 4.78 is 5.61. The number of rotatable bonds is 7. The lowest BCUT2D eigenvalue weighted by Gasteiger charge is -2.43. The van der Waals surface area contributed by atoms with E-state index in [-0.39, 0.29) is 22.7 Å². The van der Waals surface area contributed by atoms with Gasteiger partial charge in [-0.2, -0.15) is 0 Å². The van der Waals surface area contributed by atoms with E-state index in [4.69, 9.17) is 4.74 Å². The number of esters is 1. The van der Waals surface area contributed by atoms with Crippen molar-refractivity contribution in [2.75, 3.05) is 6.61 Å². The fourth-order valence-electron chi connectivity index (χ4n) is 3.08. The van der Waals surface area contributed by atoms with Crippen molar-refractivity contribution >= 4 is 11.9 Å². The van der Waals surface area contributed by atoms with E-state index < -0.39 is 17.3 Å². The first kappa shape index (κ1) is 21.9. The lowest BCUT2D eigenvalue weighted by molar-refractivity contribution is -0.176. The van der Waals surface area contributed by atoms with Gasteiger partial charge in [0.1, 0.15) is 0 Å². The molecule has 0 aromatic heterocycles. The molecule has 4 nitrogen and oxygen atoms in total. The molecule has 3 unspecified atom stereocenters. The number of carboxylic acids is 1. The number of carboxylic acid groups (broad SMARTS) is 1. The van der Waals surface area contributed by atoms with Crippen molar-refractivity contribution in [2.24, 2.45) is 28.1 Å². The molecule has 1 N–H and O–H groups in total. The van der Waals surface area contributed by atoms with Crippen LogP contribution in [-0.2, 0) is 14.3 Å². The van der Waals surface area contributed by atoms with Crippen LogP contribution < -0.4 is 0 Å². The van der Waals surface area contributed by atoms with Crippen molar-refractivity contribution in [1.29, 1.82) is 0 Å². The minimum absolute atomic E-state index is 0.0692. The third-order valence-corrected chi connectivity index (χ3v) is 4.47.